The highest BCUT2D eigenvalue weighted by atomic mass is 16.5. The molecule has 3 heterocycles. The fourth-order valence-corrected chi connectivity index (χ4v) is 4.59. The van der Waals surface area contributed by atoms with Gasteiger partial charge >= 0.3 is 0 Å². The van der Waals surface area contributed by atoms with E-state index in [4.69, 9.17) is 9.47 Å². The van der Waals surface area contributed by atoms with E-state index in [1.165, 1.54) is 4.90 Å². The third-order valence-corrected chi connectivity index (χ3v) is 6.56. The molecule has 0 aliphatic carbocycles. The molecule has 1 saturated heterocycles. The second-order valence-electron chi connectivity index (χ2n) is 9.04. The number of amides is 1. The maximum Gasteiger partial charge on any atom is 0.295 e. The second-order valence-corrected chi connectivity index (χ2v) is 9.04. The fraction of sp³-hybridized carbons (Fsp3) is 0.393. The van der Waals surface area contributed by atoms with Gasteiger partial charge in [0.05, 0.1) is 23.9 Å². The van der Waals surface area contributed by atoms with Crippen molar-refractivity contribution in [1.29, 1.82) is 0 Å². The Morgan fingerprint density at radius 3 is 2.50 bits per heavy atom. The monoisotopic (exact) mass is 491 g/mol. The molecule has 1 aromatic carbocycles. The third-order valence-electron chi connectivity index (χ3n) is 6.56. The van der Waals surface area contributed by atoms with Gasteiger partial charge < -0.3 is 23.9 Å². The van der Waals surface area contributed by atoms with E-state index in [2.05, 4.69) is 11.9 Å². The molecule has 8 nitrogen and oxygen atoms in total. The normalized spacial score (nSPS) is 17.3. The Kier molecular flexibility index (Phi) is 7.74. The number of ether oxygens (including phenoxy) is 2. The van der Waals surface area contributed by atoms with Crippen LogP contribution in [0.1, 0.15) is 54.7 Å². The molecular formula is C28H33N3O5. The smallest absolute Gasteiger partial charge is 0.295 e. The van der Waals surface area contributed by atoms with Gasteiger partial charge in [-0.1, -0.05) is 31.5 Å². The van der Waals surface area contributed by atoms with E-state index in [1.807, 2.05) is 60.8 Å². The number of aryl methyl sites for hydroxylation is 2. The number of ketones is 1. The van der Waals surface area contributed by atoms with Crippen LogP contribution in [0.15, 0.2) is 48.2 Å². The highest BCUT2D eigenvalue weighted by molar-refractivity contribution is 6.46. The van der Waals surface area contributed by atoms with E-state index in [0.717, 1.165) is 24.2 Å². The van der Waals surface area contributed by atoms with Crippen molar-refractivity contribution in [3.63, 3.8) is 0 Å². The lowest BCUT2D eigenvalue weighted by Gasteiger charge is -2.25. The summed E-state index contributed by atoms with van der Waals surface area (Å²) >= 11 is 0. The number of fused-ring (bicyclic) bond motifs is 1. The number of imidazole rings is 1. The lowest BCUT2D eigenvalue weighted by Crippen LogP contribution is -2.31. The van der Waals surface area contributed by atoms with Gasteiger partial charge in [0.25, 0.3) is 11.7 Å². The Bertz CT molecular complexity index is 1290. The number of Topliss-reactive ketones (excluding diaryl/α,β-unsaturated/α-hetero) is 1. The van der Waals surface area contributed by atoms with Gasteiger partial charge in [-0.05, 0) is 56.0 Å². The van der Waals surface area contributed by atoms with E-state index in [1.54, 1.807) is 7.11 Å². The minimum absolute atomic E-state index is 0.0428. The first-order valence-corrected chi connectivity index (χ1v) is 12.3. The average molecular weight is 492 g/mol. The highest BCUT2D eigenvalue weighted by Crippen LogP contribution is 2.40. The summed E-state index contributed by atoms with van der Waals surface area (Å²) in [6, 6.07) is 10.4. The largest absolute Gasteiger partial charge is 0.505 e. The molecule has 0 radical (unpaired) electrons. The Hall–Kier alpha value is -3.65. The van der Waals surface area contributed by atoms with Crippen molar-refractivity contribution in [2.45, 2.75) is 46.1 Å². The first-order chi connectivity index (χ1) is 17.4. The summed E-state index contributed by atoms with van der Waals surface area (Å²) in [5, 5.41) is 11.5. The average Bonchev–Trinajstić information content (AvgIpc) is 3.35. The summed E-state index contributed by atoms with van der Waals surface area (Å²) < 4.78 is 12.8. The van der Waals surface area contributed by atoms with Gasteiger partial charge in [-0.15, -0.1) is 0 Å². The first kappa shape index (κ1) is 25.4. The molecule has 1 amide bonds. The summed E-state index contributed by atoms with van der Waals surface area (Å²) in [5.41, 5.74) is 3.37. The zero-order valence-electron chi connectivity index (χ0n) is 21.3. The van der Waals surface area contributed by atoms with Crippen molar-refractivity contribution in [1.82, 2.24) is 14.3 Å². The van der Waals surface area contributed by atoms with E-state index in [0.29, 0.717) is 48.8 Å². The molecule has 1 aliphatic heterocycles. The summed E-state index contributed by atoms with van der Waals surface area (Å²) in [7, 11) is 1.59. The molecule has 2 aromatic heterocycles. The number of aliphatic hydroxyl groups excluding tert-OH is 1. The molecule has 1 N–H and O–H groups in total. The number of carbonyl (C=O) groups excluding carboxylic acids is 2. The maximum atomic E-state index is 13.3. The number of aliphatic hydroxyl groups is 1. The fourth-order valence-electron chi connectivity index (χ4n) is 4.59. The van der Waals surface area contributed by atoms with E-state index < -0.39 is 17.7 Å². The van der Waals surface area contributed by atoms with Gasteiger partial charge in [0.2, 0.25) is 0 Å². The number of aromatic nitrogens is 2. The third kappa shape index (κ3) is 4.73. The maximum absolute atomic E-state index is 13.3. The Morgan fingerprint density at radius 1 is 1.08 bits per heavy atom. The van der Waals surface area contributed by atoms with Crippen LogP contribution in [0.4, 0.5) is 0 Å². The summed E-state index contributed by atoms with van der Waals surface area (Å²) in [6.07, 6.45) is 4.42. The Morgan fingerprint density at radius 2 is 1.83 bits per heavy atom. The number of benzene rings is 1. The topological polar surface area (TPSA) is 93.4 Å². The van der Waals surface area contributed by atoms with E-state index in [9.17, 15) is 14.7 Å². The van der Waals surface area contributed by atoms with Gasteiger partial charge in [-0.3, -0.25) is 9.59 Å². The molecule has 0 bridgehead atoms. The number of carbonyl (C=O) groups is 2. The van der Waals surface area contributed by atoms with Crippen LogP contribution < -0.4 is 4.74 Å². The van der Waals surface area contributed by atoms with Crippen LogP contribution >= 0.6 is 0 Å². The number of nitrogens with zero attached hydrogens (tertiary/aromatic N) is 3. The predicted molar refractivity (Wildman–Crippen MR) is 137 cm³/mol. The first-order valence-electron chi connectivity index (χ1n) is 12.3. The van der Waals surface area contributed by atoms with Crippen LogP contribution in [0.3, 0.4) is 0 Å². The van der Waals surface area contributed by atoms with Crippen LogP contribution in [0, 0.1) is 13.8 Å². The van der Waals surface area contributed by atoms with Crippen molar-refractivity contribution in [3.05, 3.63) is 70.7 Å². The Balaban J connectivity index is 1.80. The van der Waals surface area contributed by atoms with Crippen molar-refractivity contribution in [2.75, 3.05) is 26.9 Å². The molecule has 190 valence electrons. The van der Waals surface area contributed by atoms with Crippen molar-refractivity contribution < 1.29 is 24.2 Å². The predicted octanol–water partition coefficient (Wildman–Crippen LogP) is 4.59. The zero-order valence-corrected chi connectivity index (χ0v) is 21.3. The minimum atomic E-state index is -0.739. The van der Waals surface area contributed by atoms with Gasteiger partial charge in [-0.25, -0.2) is 4.98 Å². The summed E-state index contributed by atoms with van der Waals surface area (Å²) in [6.45, 7) is 7.26. The van der Waals surface area contributed by atoms with Crippen LogP contribution in [0.25, 0.3) is 11.4 Å². The number of pyridine rings is 1. The molecule has 1 atom stereocenters. The summed E-state index contributed by atoms with van der Waals surface area (Å²) in [5.74, 6) is -0.906. The van der Waals surface area contributed by atoms with Gasteiger partial charge in [0, 0.05) is 26.5 Å². The van der Waals surface area contributed by atoms with Crippen LogP contribution in [-0.2, 0) is 14.3 Å². The van der Waals surface area contributed by atoms with Gasteiger partial charge in [0.1, 0.15) is 17.1 Å². The summed E-state index contributed by atoms with van der Waals surface area (Å²) in [4.78, 5) is 32.5. The number of rotatable bonds is 10. The SMILES string of the molecule is CCCCOc1ccc(C2/C(=C(\O)c3nc4c(C)cccn4c3C)C(=O)C(=O)N2CCCOC)cc1. The number of hydrogen-bond donors (Lipinski definition) is 1. The van der Waals surface area contributed by atoms with E-state index in [-0.39, 0.29) is 11.3 Å². The molecule has 36 heavy (non-hydrogen) atoms. The minimum Gasteiger partial charge on any atom is -0.505 e. The second kappa shape index (κ2) is 11.0. The van der Waals surface area contributed by atoms with Crippen molar-refractivity contribution >= 4 is 23.1 Å². The molecule has 3 aromatic rings. The van der Waals surface area contributed by atoms with Gasteiger partial charge in [-0.2, -0.15) is 0 Å². The molecular weight excluding hydrogens is 458 g/mol. The van der Waals surface area contributed by atoms with Gasteiger partial charge in [0.15, 0.2) is 5.76 Å². The van der Waals surface area contributed by atoms with Crippen LogP contribution in [0.2, 0.25) is 0 Å². The number of likely N-dealkylation sites (tertiary alicyclic amines) is 1. The molecule has 1 unspecified atom stereocenters. The lowest BCUT2D eigenvalue weighted by atomic mass is 9.96. The molecule has 4 rings (SSSR count). The Labute approximate surface area is 211 Å². The molecule has 0 spiro atoms. The van der Waals surface area contributed by atoms with Crippen LogP contribution in [0.5, 0.6) is 5.75 Å². The van der Waals surface area contributed by atoms with Crippen molar-refractivity contribution in [2.24, 2.45) is 0 Å². The van der Waals surface area contributed by atoms with Crippen molar-refractivity contribution in [3.8, 4) is 5.75 Å². The van der Waals surface area contributed by atoms with E-state index >= 15 is 0 Å². The molecule has 1 aliphatic rings. The molecule has 0 saturated carbocycles. The van der Waals surface area contributed by atoms with Crippen LogP contribution in [-0.4, -0.2) is 57.9 Å². The zero-order chi connectivity index (χ0) is 25.8. The standard InChI is InChI=1S/C28H33N3O5/c1-5-6-17-36-21-12-10-20(11-13-21)24-22(26(33)28(34)31(24)15-8-16-35-4)25(32)23-19(3)30-14-7-9-18(2)27(30)29-23/h7,9-14,24,32H,5-6,8,15-17H2,1-4H3/b25-22+. The highest BCUT2D eigenvalue weighted by Gasteiger charge is 2.46. The number of methoxy groups -OCH3 is 1. The number of hydrogen-bond acceptors (Lipinski definition) is 6. The molecule has 8 heteroatoms. The molecule has 1 fully saturated rings. The quantitative estimate of drug-likeness (QED) is 0.193. The number of unbranched alkanes of at least 4 members (excludes halogenated alkanes) is 1. The lowest BCUT2D eigenvalue weighted by molar-refractivity contribution is -0.140.